The number of aromatic nitrogens is 1. The summed E-state index contributed by atoms with van der Waals surface area (Å²) in [5.74, 6) is 6.59. The SMILES string of the molecule is CC.CN/N=C(/C#CC1CC1)SNC(=O)c1ccc(CC(=O)N(C)C)cc1-c1cc(Cl)ncc1OC. The second kappa shape index (κ2) is 14.4. The summed E-state index contributed by atoms with van der Waals surface area (Å²) in [7, 11) is 6.59. The third-order valence-electron chi connectivity index (χ3n) is 4.94. The molecule has 0 aliphatic heterocycles. The lowest BCUT2D eigenvalue weighted by Crippen LogP contribution is -2.24. The van der Waals surface area contributed by atoms with E-state index in [1.165, 1.54) is 18.2 Å². The van der Waals surface area contributed by atoms with Crippen molar-refractivity contribution in [2.45, 2.75) is 33.1 Å². The number of benzene rings is 1. The number of amides is 2. The molecule has 1 saturated carbocycles. The summed E-state index contributed by atoms with van der Waals surface area (Å²) in [4.78, 5) is 31.1. The Kier molecular flexibility index (Phi) is 11.6. The van der Waals surface area contributed by atoms with Crippen LogP contribution in [0.1, 0.15) is 42.6 Å². The number of ether oxygens (including phenoxy) is 1. The van der Waals surface area contributed by atoms with Crippen LogP contribution in [0.5, 0.6) is 5.75 Å². The van der Waals surface area contributed by atoms with E-state index >= 15 is 0 Å². The number of halogens is 1. The lowest BCUT2D eigenvalue weighted by molar-refractivity contribution is -0.127. The molecule has 0 bridgehead atoms. The van der Waals surface area contributed by atoms with Crippen LogP contribution in [0, 0.1) is 17.8 Å². The molecule has 0 atom stereocenters. The molecule has 2 N–H and O–H groups in total. The molecule has 1 heterocycles. The molecule has 10 heteroatoms. The summed E-state index contributed by atoms with van der Waals surface area (Å²) < 4.78 is 8.27. The van der Waals surface area contributed by atoms with Crippen LogP contribution >= 0.6 is 23.5 Å². The van der Waals surface area contributed by atoms with Gasteiger partial charge in [0.15, 0.2) is 5.04 Å². The van der Waals surface area contributed by atoms with E-state index in [1.807, 2.05) is 13.8 Å². The first-order chi connectivity index (χ1) is 17.3. The Bertz CT molecular complexity index is 1170. The molecule has 2 aromatic rings. The molecule has 0 radical (unpaired) electrons. The van der Waals surface area contributed by atoms with Crippen LogP contribution in [0.2, 0.25) is 5.15 Å². The fourth-order valence-corrected chi connectivity index (χ4v) is 3.67. The van der Waals surface area contributed by atoms with Crippen LogP contribution in [-0.2, 0) is 11.2 Å². The fourth-order valence-electron chi connectivity index (χ4n) is 2.96. The lowest BCUT2D eigenvalue weighted by Gasteiger charge is -2.16. The van der Waals surface area contributed by atoms with Crippen molar-refractivity contribution in [2.75, 3.05) is 28.3 Å². The molecule has 0 saturated heterocycles. The van der Waals surface area contributed by atoms with E-state index in [2.05, 4.69) is 32.1 Å². The van der Waals surface area contributed by atoms with Crippen LogP contribution in [0.25, 0.3) is 11.1 Å². The Balaban J connectivity index is 0.00000222. The molecule has 1 aromatic heterocycles. The van der Waals surface area contributed by atoms with Gasteiger partial charge in [-0.05, 0) is 48.1 Å². The lowest BCUT2D eigenvalue weighted by atomic mass is 9.95. The number of nitrogens with one attached hydrogen (secondary N) is 2. The molecule has 8 nitrogen and oxygen atoms in total. The Morgan fingerprint density at radius 2 is 1.97 bits per heavy atom. The number of carbonyl (C=O) groups is 2. The highest BCUT2D eigenvalue weighted by atomic mass is 35.5. The second-order valence-corrected chi connectivity index (χ2v) is 8.95. The number of pyridine rings is 1. The summed E-state index contributed by atoms with van der Waals surface area (Å²) in [6.45, 7) is 4.00. The maximum absolute atomic E-state index is 13.2. The second-order valence-electron chi connectivity index (χ2n) is 7.77. The van der Waals surface area contributed by atoms with Crippen LogP contribution in [-0.4, -0.2) is 55.0 Å². The highest BCUT2D eigenvalue weighted by Crippen LogP contribution is 2.34. The average Bonchev–Trinajstić information content (AvgIpc) is 3.71. The molecule has 0 unspecified atom stereocenters. The highest BCUT2D eigenvalue weighted by Gasteiger charge is 2.20. The number of hydrogen-bond acceptors (Lipinski definition) is 7. The maximum atomic E-state index is 13.2. The van der Waals surface area contributed by atoms with Gasteiger partial charge in [-0.3, -0.25) is 14.3 Å². The van der Waals surface area contributed by atoms with Crippen molar-refractivity contribution in [2.24, 2.45) is 11.0 Å². The Morgan fingerprint density at radius 3 is 2.58 bits per heavy atom. The average molecular weight is 530 g/mol. The molecule has 1 aromatic carbocycles. The van der Waals surface area contributed by atoms with Gasteiger partial charge in [0, 0.05) is 50.1 Å². The van der Waals surface area contributed by atoms with Crippen molar-refractivity contribution in [3.05, 3.63) is 46.7 Å². The molecule has 1 aliphatic carbocycles. The summed E-state index contributed by atoms with van der Waals surface area (Å²) in [5.41, 5.74) is 5.00. The van der Waals surface area contributed by atoms with E-state index in [9.17, 15) is 9.59 Å². The molecule has 0 spiro atoms. The molecule has 1 fully saturated rings. The van der Waals surface area contributed by atoms with E-state index < -0.39 is 0 Å². The molecule has 2 amide bonds. The van der Waals surface area contributed by atoms with Crippen LogP contribution in [0.15, 0.2) is 35.6 Å². The maximum Gasteiger partial charge on any atom is 0.262 e. The quantitative estimate of drug-likeness (QED) is 0.144. The Hall–Kier alpha value is -3.22. The van der Waals surface area contributed by atoms with Gasteiger partial charge in [-0.2, -0.15) is 5.10 Å². The van der Waals surface area contributed by atoms with Gasteiger partial charge in [-0.15, -0.1) is 0 Å². The number of methoxy groups -OCH3 is 1. The minimum absolute atomic E-state index is 0.0550. The number of likely N-dealkylation sites (N-methyl/N-ethyl adjacent to an activating group) is 1. The Labute approximate surface area is 222 Å². The summed E-state index contributed by atoms with van der Waals surface area (Å²) >= 11 is 7.19. The monoisotopic (exact) mass is 529 g/mol. The zero-order valence-corrected chi connectivity index (χ0v) is 23.0. The number of rotatable bonds is 6. The summed E-state index contributed by atoms with van der Waals surface area (Å²) in [6, 6.07) is 6.87. The standard InChI is InChI=1S/C24H26ClN5O3S.C2H6/c1-26-28-22(10-8-15-5-6-15)34-29-24(32)17-9-7-16(12-23(31)30(2)3)11-18(17)19-13-21(25)27-14-20(19)33-4;1-2/h7,9,11,13-15,26H,5-6,12H2,1-4H3,(H,29,32);1-2H3/b28-22-;. The van der Waals surface area contributed by atoms with Crippen molar-refractivity contribution >= 4 is 40.4 Å². The molecular formula is C26H32ClN5O3S. The van der Waals surface area contributed by atoms with E-state index in [4.69, 9.17) is 16.3 Å². The van der Waals surface area contributed by atoms with E-state index in [1.54, 1.807) is 45.4 Å². The largest absolute Gasteiger partial charge is 0.494 e. The van der Waals surface area contributed by atoms with Crippen molar-refractivity contribution in [1.29, 1.82) is 0 Å². The predicted octanol–water partition coefficient (Wildman–Crippen LogP) is 4.39. The Morgan fingerprint density at radius 1 is 1.25 bits per heavy atom. The third kappa shape index (κ3) is 8.47. The highest BCUT2D eigenvalue weighted by molar-refractivity contribution is 8.13. The molecule has 1 aliphatic rings. The minimum Gasteiger partial charge on any atom is -0.494 e. The minimum atomic E-state index is -0.350. The van der Waals surface area contributed by atoms with Gasteiger partial charge in [0.05, 0.1) is 19.7 Å². The number of hydrazone groups is 1. The zero-order chi connectivity index (χ0) is 26.7. The third-order valence-corrected chi connectivity index (χ3v) is 5.82. The van der Waals surface area contributed by atoms with E-state index in [0.717, 1.165) is 30.4 Å². The topological polar surface area (TPSA) is 95.9 Å². The number of carbonyl (C=O) groups excluding carboxylic acids is 2. The van der Waals surface area contributed by atoms with Gasteiger partial charge in [0.2, 0.25) is 5.91 Å². The molecule has 192 valence electrons. The first-order valence-electron chi connectivity index (χ1n) is 11.6. The number of hydrogen-bond donors (Lipinski definition) is 2. The van der Waals surface area contributed by atoms with Crippen molar-refractivity contribution in [3.63, 3.8) is 0 Å². The van der Waals surface area contributed by atoms with E-state index in [0.29, 0.717) is 33.4 Å². The van der Waals surface area contributed by atoms with Crippen LogP contribution in [0.4, 0.5) is 0 Å². The van der Waals surface area contributed by atoms with Gasteiger partial charge >= 0.3 is 0 Å². The summed E-state index contributed by atoms with van der Waals surface area (Å²) in [5, 5.41) is 4.84. The van der Waals surface area contributed by atoms with Gasteiger partial charge in [0.1, 0.15) is 10.9 Å². The first-order valence-corrected chi connectivity index (χ1v) is 12.8. The van der Waals surface area contributed by atoms with Gasteiger partial charge in [-0.25, -0.2) is 4.98 Å². The first kappa shape index (κ1) is 29.0. The molecule has 36 heavy (non-hydrogen) atoms. The van der Waals surface area contributed by atoms with Crippen molar-refractivity contribution in [3.8, 4) is 28.7 Å². The molecule has 3 rings (SSSR count). The smallest absolute Gasteiger partial charge is 0.262 e. The fraction of sp³-hybridized carbons (Fsp3) is 0.385. The van der Waals surface area contributed by atoms with Gasteiger partial charge in [-0.1, -0.05) is 37.4 Å². The number of nitrogens with zero attached hydrogens (tertiary/aromatic N) is 3. The summed E-state index contributed by atoms with van der Waals surface area (Å²) in [6.07, 6.45) is 3.88. The van der Waals surface area contributed by atoms with Crippen molar-refractivity contribution in [1.82, 2.24) is 20.0 Å². The van der Waals surface area contributed by atoms with Crippen LogP contribution in [0.3, 0.4) is 0 Å². The normalized spacial score (nSPS) is 12.4. The molecular weight excluding hydrogens is 498 g/mol. The predicted molar refractivity (Wildman–Crippen MR) is 147 cm³/mol. The van der Waals surface area contributed by atoms with Gasteiger partial charge < -0.3 is 15.1 Å². The van der Waals surface area contributed by atoms with Crippen molar-refractivity contribution < 1.29 is 14.3 Å². The van der Waals surface area contributed by atoms with E-state index in [-0.39, 0.29) is 23.4 Å². The van der Waals surface area contributed by atoms with Gasteiger partial charge in [0.25, 0.3) is 5.91 Å². The van der Waals surface area contributed by atoms with Crippen LogP contribution < -0.4 is 14.9 Å². The zero-order valence-electron chi connectivity index (χ0n) is 21.4.